The molecule has 0 saturated carbocycles. The Morgan fingerprint density at radius 3 is 2.60 bits per heavy atom. The lowest BCUT2D eigenvalue weighted by Crippen LogP contribution is -2.21. The fourth-order valence-corrected chi connectivity index (χ4v) is 1.45. The van der Waals surface area contributed by atoms with Crippen LogP contribution in [0, 0.1) is 0 Å². The number of hydrogen-bond acceptors (Lipinski definition) is 3. The summed E-state index contributed by atoms with van der Waals surface area (Å²) in [7, 11) is 2.04. The van der Waals surface area contributed by atoms with E-state index in [4.69, 9.17) is 9.52 Å². The van der Waals surface area contributed by atoms with Gasteiger partial charge in [0.25, 0.3) is 0 Å². The highest BCUT2D eigenvalue weighted by Gasteiger charge is 2.05. The van der Waals surface area contributed by atoms with Crippen molar-refractivity contribution < 1.29 is 9.52 Å². The molecule has 0 bridgehead atoms. The second kappa shape index (κ2) is 5.93. The van der Waals surface area contributed by atoms with Gasteiger partial charge < -0.3 is 9.52 Å². The Morgan fingerprint density at radius 2 is 2.07 bits per heavy atom. The lowest BCUT2D eigenvalue weighted by atomic mass is 10.2. The Hall–Kier alpha value is -0.800. The van der Waals surface area contributed by atoms with Gasteiger partial charge >= 0.3 is 0 Å². The van der Waals surface area contributed by atoms with Crippen molar-refractivity contribution in [3.8, 4) is 0 Å². The Morgan fingerprint density at radius 1 is 1.40 bits per heavy atom. The first-order valence-electron chi connectivity index (χ1n) is 5.56. The molecule has 0 fully saturated rings. The first-order chi connectivity index (χ1) is 7.11. The average Bonchev–Trinajstić information content (AvgIpc) is 2.62. The molecule has 0 amide bonds. The van der Waals surface area contributed by atoms with Gasteiger partial charge in [-0.15, -0.1) is 0 Å². The van der Waals surface area contributed by atoms with Crippen molar-refractivity contribution in [2.24, 2.45) is 0 Å². The fourth-order valence-electron chi connectivity index (χ4n) is 1.45. The summed E-state index contributed by atoms with van der Waals surface area (Å²) >= 11 is 0. The predicted molar refractivity (Wildman–Crippen MR) is 60.7 cm³/mol. The van der Waals surface area contributed by atoms with E-state index < -0.39 is 0 Å². The third-order valence-corrected chi connectivity index (χ3v) is 2.42. The smallest absolute Gasteiger partial charge is 0.118 e. The van der Waals surface area contributed by atoms with Crippen molar-refractivity contribution in [2.45, 2.75) is 39.3 Å². The third-order valence-electron chi connectivity index (χ3n) is 2.42. The summed E-state index contributed by atoms with van der Waals surface area (Å²) < 4.78 is 5.61. The van der Waals surface area contributed by atoms with Crippen molar-refractivity contribution >= 4 is 0 Å². The number of furan rings is 1. The normalized spacial score (nSPS) is 13.4. The number of rotatable bonds is 6. The number of aliphatic hydroxyl groups excluding tert-OH is 1. The van der Waals surface area contributed by atoms with Crippen LogP contribution in [0.1, 0.15) is 31.8 Å². The predicted octanol–water partition coefficient (Wildman–Crippen LogP) is 2.04. The molecule has 0 saturated heterocycles. The molecule has 0 radical (unpaired) electrons. The largest absolute Gasteiger partial charge is 0.465 e. The molecule has 1 atom stereocenters. The quantitative estimate of drug-likeness (QED) is 0.782. The standard InChI is InChI=1S/C12H21NO2/c1-4-11-5-6-12(15-11)9-13(3)8-7-10(2)14/h5-6,10,14H,4,7-9H2,1-3H3. The highest BCUT2D eigenvalue weighted by molar-refractivity contribution is 5.06. The van der Waals surface area contributed by atoms with Crippen LogP contribution in [-0.2, 0) is 13.0 Å². The summed E-state index contributed by atoms with van der Waals surface area (Å²) in [6.45, 7) is 5.60. The van der Waals surface area contributed by atoms with Gasteiger partial charge in [-0.2, -0.15) is 0 Å². The molecule has 0 aliphatic rings. The highest BCUT2D eigenvalue weighted by atomic mass is 16.3. The summed E-state index contributed by atoms with van der Waals surface area (Å²) in [5, 5.41) is 9.16. The van der Waals surface area contributed by atoms with Gasteiger partial charge in [0.1, 0.15) is 11.5 Å². The van der Waals surface area contributed by atoms with Gasteiger partial charge in [0.2, 0.25) is 0 Å². The van der Waals surface area contributed by atoms with Gasteiger partial charge in [0.05, 0.1) is 12.6 Å². The molecule has 0 aliphatic carbocycles. The molecular weight excluding hydrogens is 190 g/mol. The van der Waals surface area contributed by atoms with Crippen molar-refractivity contribution in [1.82, 2.24) is 4.90 Å². The summed E-state index contributed by atoms with van der Waals surface area (Å²) in [6, 6.07) is 4.05. The van der Waals surface area contributed by atoms with E-state index >= 15 is 0 Å². The molecule has 1 unspecified atom stereocenters. The summed E-state index contributed by atoms with van der Waals surface area (Å²) in [4.78, 5) is 2.16. The minimum absolute atomic E-state index is 0.227. The molecule has 3 heteroatoms. The van der Waals surface area contributed by atoms with Gasteiger partial charge in [-0.1, -0.05) is 6.92 Å². The number of aliphatic hydroxyl groups is 1. The second-order valence-corrected chi connectivity index (χ2v) is 4.10. The molecule has 1 rings (SSSR count). The van der Waals surface area contributed by atoms with Crippen molar-refractivity contribution in [3.63, 3.8) is 0 Å². The van der Waals surface area contributed by atoms with Crippen LogP contribution in [0.15, 0.2) is 16.5 Å². The zero-order valence-electron chi connectivity index (χ0n) is 9.86. The van der Waals surface area contributed by atoms with Gasteiger partial charge in [-0.3, -0.25) is 4.90 Å². The van der Waals surface area contributed by atoms with Crippen LogP contribution in [0.5, 0.6) is 0 Å². The summed E-state index contributed by atoms with van der Waals surface area (Å²) in [5.74, 6) is 2.04. The minimum Gasteiger partial charge on any atom is -0.465 e. The third kappa shape index (κ3) is 4.49. The Kier molecular flexibility index (Phi) is 4.85. The zero-order valence-corrected chi connectivity index (χ0v) is 9.86. The summed E-state index contributed by atoms with van der Waals surface area (Å²) in [5.41, 5.74) is 0. The maximum atomic E-state index is 9.16. The molecule has 0 aromatic carbocycles. The van der Waals surface area contributed by atoms with Gasteiger partial charge in [0.15, 0.2) is 0 Å². The molecule has 1 aromatic rings. The van der Waals surface area contributed by atoms with Crippen LogP contribution in [-0.4, -0.2) is 29.7 Å². The van der Waals surface area contributed by atoms with Crippen LogP contribution in [0.4, 0.5) is 0 Å². The molecule has 1 N–H and O–H groups in total. The average molecular weight is 211 g/mol. The van der Waals surface area contributed by atoms with Crippen LogP contribution in [0.2, 0.25) is 0 Å². The van der Waals surface area contributed by atoms with Crippen molar-refractivity contribution in [3.05, 3.63) is 23.7 Å². The van der Waals surface area contributed by atoms with E-state index in [9.17, 15) is 0 Å². The molecular formula is C12H21NO2. The first kappa shape index (κ1) is 12.3. The Balaban J connectivity index is 2.33. The van der Waals surface area contributed by atoms with E-state index in [1.165, 1.54) is 0 Å². The Bertz CT molecular complexity index is 281. The molecule has 3 nitrogen and oxygen atoms in total. The minimum atomic E-state index is -0.227. The fraction of sp³-hybridized carbons (Fsp3) is 0.667. The maximum absolute atomic E-state index is 9.16. The SMILES string of the molecule is CCc1ccc(CN(C)CCC(C)O)o1. The number of aryl methyl sites for hydroxylation is 1. The summed E-state index contributed by atoms with van der Waals surface area (Å²) in [6.07, 6.45) is 1.52. The highest BCUT2D eigenvalue weighted by Crippen LogP contribution is 2.10. The lowest BCUT2D eigenvalue weighted by molar-refractivity contribution is 0.160. The Labute approximate surface area is 91.7 Å². The number of hydrogen-bond donors (Lipinski definition) is 1. The maximum Gasteiger partial charge on any atom is 0.118 e. The van der Waals surface area contributed by atoms with Crippen LogP contribution >= 0.6 is 0 Å². The molecule has 15 heavy (non-hydrogen) atoms. The molecule has 0 spiro atoms. The van der Waals surface area contributed by atoms with Crippen molar-refractivity contribution in [2.75, 3.05) is 13.6 Å². The first-order valence-corrected chi connectivity index (χ1v) is 5.56. The molecule has 86 valence electrons. The van der Waals surface area contributed by atoms with E-state index in [1.807, 2.05) is 26.1 Å². The van der Waals surface area contributed by atoms with Crippen LogP contribution in [0.25, 0.3) is 0 Å². The van der Waals surface area contributed by atoms with E-state index in [1.54, 1.807) is 0 Å². The van der Waals surface area contributed by atoms with Crippen LogP contribution < -0.4 is 0 Å². The monoisotopic (exact) mass is 211 g/mol. The second-order valence-electron chi connectivity index (χ2n) is 4.10. The van der Waals surface area contributed by atoms with E-state index in [0.29, 0.717) is 0 Å². The lowest BCUT2D eigenvalue weighted by Gasteiger charge is -2.15. The molecule has 1 aromatic heterocycles. The zero-order chi connectivity index (χ0) is 11.3. The van der Waals surface area contributed by atoms with Gasteiger partial charge in [-0.05, 0) is 32.5 Å². The van der Waals surface area contributed by atoms with Crippen LogP contribution in [0.3, 0.4) is 0 Å². The van der Waals surface area contributed by atoms with Gasteiger partial charge in [-0.25, -0.2) is 0 Å². The number of nitrogens with zero attached hydrogens (tertiary/aromatic N) is 1. The molecule has 0 aliphatic heterocycles. The van der Waals surface area contributed by atoms with Gasteiger partial charge in [0, 0.05) is 13.0 Å². The topological polar surface area (TPSA) is 36.6 Å². The van der Waals surface area contributed by atoms with E-state index in [-0.39, 0.29) is 6.10 Å². The van der Waals surface area contributed by atoms with E-state index in [2.05, 4.69) is 11.8 Å². The molecule has 1 heterocycles. The van der Waals surface area contributed by atoms with E-state index in [0.717, 1.165) is 37.5 Å². The van der Waals surface area contributed by atoms with Crippen molar-refractivity contribution in [1.29, 1.82) is 0 Å².